The van der Waals surface area contributed by atoms with Crippen LogP contribution in [-0.4, -0.2) is 29.0 Å². The third-order valence-corrected chi connectivity index (χ3v) is 4.31. The van der Waals surface area contributed by atoms with Gasteiger partial charge in [-0.2, -0.15) is 0 Å². The zero-order valence-corrected chi connectivity index (χ0v) is 12.9. The topological polar surface area (TPSA) is 94.3 Å². The summed E-state index contributed by atoms with van der Waals surface area (Å²) in [5, 5.41) is 4.55. The Morgan fingerprint density at radius 3 is 2.62 bits per heavy atom. The summed E-state index contributed by atoms with van der Waals surface area (Å²) in [5.41, 5.74) is 5.28. The molecule has 1 heterocycles. The summed E-state index contributed by atoms with van der Waals surface area (Å²) in [6.07, 6.45) is 6.47. The van der Waals surface area contributed by atoms with Crippen LogP contribution in [0.3, 0.4) is 0 Å². The van der Waals surface area contributed by atoms with Crippen LogP contribution in [0.5, 0.6) is 0 Å². The van der Waals surface area contributed by atoms with Gasteiger partial charge in [0.2, 0.25) is 0 Å². The first-order valence-electron chi connectivity index (χ1n) is 7.28. The van der Waals surface area contributed by atoms with E-state index in [1.54, 1.807) is 6.92 Å². The van der Waals surface area contributed by atoms with Crippen LogP contribution in [-0.2, 0) is 9.53 Å². The van der Waals surface area contributed by atoms with Gasteiger partial charge < -0.3 is 10.5 Å². The van der Waals surface area contributed by atoms with Crippen molar-refractivity contribution in [1.29, 1.82) is 0 Å². The van der Waals surface area contributed by atoms with Crippen LogP contribution in [0, 0.1) is 0 Å². The van der Waals surface area contributed by atoms with Crippen molar-refractivity contribution >= 4 is 28.3 Å². The van der Waals surface area contributed by atoms with Gasteiger partial charge in [0.25, 0.3) is 11.8 Å². The number of nitrogens with zero attached hydrogens (tertiary/aromatic N) is 1. The highest BCUT2D eigenvalue weighted by atomic mass is 32.1. The molecule has 6 nitrogen and oxygen atoms in total. The van der Waals surface area contributed by atoms with Gasteiger partial charge in [-0.3, -0.25) is 14.9 Å². The van der Waals surface area contributed by atoms with Gasteiger partial charge in [-0.05, 0) is 19.8 Å². The first-order valence-corrected chi connectivity index (χ1v) is 8.16. The fourth-order valence-electron chi connectivity index (χ4n) is 2.38. The van der Waals surface area contributed by atoms with Gasteiger partial charge in [0.05, 0.1) is 6.10 Å². The normalized spacial score (nSPS) is 18.0. The third kappa shape index (κ3) is 4.78. The third-order valence-electron chi connectivity index (χ3n) is 3.55. The predicted molar refractivity (Wildman–Crippen MR) is 81.3 cm³/mol. The van der Waals surface area contributed by atoms with Crippen LogP contribution >= 0.6 is 11.3 Å². The van der Waals surface area contributed by atoms with Gasteiger partial charge in [0, 0.05) is 5.38 Å². The Hall–Kier alpha value is -1.47. The number of rotatable bonds is 5. The van der Waals surface area contributed by atoms with Crippen LogP contribution in [0.15, 0.2) is 5.38 Å². The number of aromatic nitrogens is 1. The lowest BCUT2D eigenvalue weighted by atomic mass is 10.1. The molecule has 0 unspecified atom stereocenters. The number of nitrogens with one attached hydrogen (secondary N) is 1. The van der Waals surface area contributed by atoms with E-state index >= 15 is 0 Å². The van der Waals surface area contributed by atoms with Crippen molar-refractivity contribution in [1.82, 2.24) is 4.98 Å². The average Bonchev–Trinajstić information content (AvgIpc) is 2.76. The van der Waals surface area contributed by atoms with E-state index in [2.05, 4.69) is 10.3 Å². The van der Waals surface area contributed by atoms with Crippen LogP contribution in [0.4, 0.5) is 5.13 Å². The van der Waals surface area contributed by atoms with E-state index < -0.39 is 12.0 Å². The van der Waals surface area contributed by atoms with E-state index in [9.17, 15) is 9.59 Å². The Morgan fingerprint density at radius 1 is 1.38 bits per heavy atom. The van der Waals surface area contributed by atoms with E-state index in [0.29, 0.717) is 5.13 Å². The summed E-state index contributed by atoms with van der Waals surface area (Å²) >= 11 is 1.17. The predicted octanol–water partition coefficient (Wildman–Crippen LogP) is 2.31. The number of ether oxygens (including phenoxy) is 1. The molecule has 3 N–H and O–H groups in total. The Kier molecular flexibility index (Phi) is 5.69. The summed E-state index contributed by atoms with van der Waals surface area (Å²) in [7, 11) is 0. The van der Waals surface area contributed by atoms with Gasteiger partial charge in [0.15, 0.2) is 5.13 Å². The lowest BCUT2D eigenvalue weighted by Gasteiger charge is -2.20. The molecule has 2 amide bonds. The number of nitrogens with two attached hydrogens (primary N) is 1. The fraction of sp³-hybridized carbons (Fsp3) is 0.643. The van der Waals surface area contributed by atoms with Crippen molar-refractivity contribution in [2.75, 3.05) is 5.32 Å². The van der Waals surface area contributed by atoms with Crippen molar-refractivity contribution in [3.63, 3.8) is 0 Å². The number of carbonyl (C=O) groups is 2. The number of primary amides is 1. The minimum atomic E-state index is -0.602. The molecule has 7 heteroatoms. The summed E-state index contributed by atoms with van der Waals surface area (Å²) in [5.74, 6) is -0.848. The van der Waals surface area contributed by atoms with Gasteiger partial charge in [-0.25, -0.2) is 4.98 Å². The number of anilines is 1. The molecule has 0 aromatic carbocycles. The molecule has 1 fully saturated rings. The molecule has 0 aliphatic heterocycles. The number of amides is 2. The first-order chi connectivity index (χ1) is 10.1. The zero-order valence-electron chi connectivity index (χ0n) is 12.1. The summed E-state index contributed by atoms with van der Waals surface area (Å²) in [6, 6.07) is 0. The summed E-state index contributed by atoms with van der Waals surface area (Å²) < 4.78 is 5.83. The van der Waals surface area contributed by atoms with E-state index in [4.69, 9.17) is 10.5 Å². The van der Waals surface area contributed by atoms with Crippen LogP contribution < -0.4 is 11.1 Å². The highest BCUT2D eigenvalue weighted by molar-refractivity contribution is 7.14. The quantitative estimate of drug-likeness (QED) is 0.816. The van der Waals surface area contributed by atoms with E-state index in [1.807, 2.05) is 0 Å². The molecule has 2 rings (SSSR count). The van der Waals surface area contributed by atoms with Gasteiger partial charge in [0.1, 0.15) is 11.8 Å². The van der Waals surface area contributed by atoms with E-state index in [0.717, 1.165) is 25.7 Å². The molecule has 0 radical (unpaired) electrons. The van der Waals surface area contributed by atoms with Crippen molar-refractivity contribution in [2.45, 2.75) is 57.7 Å². The molecule has 0 saturated heterocycles. The maximum Gasteiger partial charge on any atom is 0.268 e. The largest absolute Gasteiger partial charge is 0.365 e. The van der Waals surface area contributed by atoms with Crippen molar-refractivity contribution in [3.8, 4) is 0 Å². The van der Waals surface area contributed by atoms with E-state index in [1.165, 1.54) is 29.6 Å². The van der Waals surface area contributed by atoms with Crippen molar-refractivity contribution < 1.29 is 14.3 Å². The molecule has 21 heavy (non-hydrogen) atoms. The summed E-state index contributed by atoms with van der Waals surface area (Å²) in [4.78, 5) is 27.0. The second kappa shape index (κ2) is 7.51. The lowest BCUT2D eigenvalue weighted by Crippen LogP contribution is -2.31. The Balaban J connectivity index is 1.84. The molecule has 116 valence electrons. The number of hydrogen-bond donors (Lipinski definition) is 2. The zero-order chi connectivity index (χ0) is 15.2. The highest BCUT2D eigenvalue weighted by Gasteiger charge is 2.21. The fourth-order valence-corrected chi connectivity index (χ4v) is 3.08. The molecule has 0 spiro atoms. The molecule has 1 aromatic rings. The molecular formula is C14H21N3O3S. The second-order valence-corrected chi connectivity index (χ2v) is 6.14. The monoisotopic (exact) mass is 311 g/mol. The Morgan fingerprint density at radius 2 is 2.05 bits per heavy atom. The van der Waals surface area contributed by atoms with E-state index in [-0.39, 0.29) is 17.7 Å². The van der Waals surface area contributed by atoms with Crippen LogP contribution in [0.1, 0.15) is 55.9 Å². The maximum atomic E-state index is 12.1. The molecular weight excluding hydrogens is 290 g/mol. The molecule has 1 aliphatic rings. The molecule has 1 saturated carbocycles. The highest BCUT2D eigenvalue weighted by Crippen LogP contribution is 2.21. The number of hydrogen-bond acceptors (Lipinski definition) is 5. The van der Waals surface area contributed by atoms with Crippen LogP contribution in [0.2, 0.25) is 0 Å². The second-order valence-electron chi connectivity index (χ2n) is 5.28. The molecule has 1 aliphatic carbocycles. The van der Waals surface area contributed by atoms with Crippen molar-refractivity contribution in [2.24, 2.45) is 5.73 Å². The smallest absolute Gasteiger partial charge is 0.268 e. The molecule has 1 aromatic heterocycles. The molecule has 0 bridgehead atoms. The maximum absolute atomic E-state index is 12.1. The minimum absolute atomic E-state index is 0.158. The van der Waals surface area contributed by atoms with Gasteiger partial charge in [-0.15, -0.1) is 11.3 Å². The van der Waals surface area contributed by atoms with Gasteiger partial charge in [-0.1, -0.05) is 25.7 Å². The summed E-state index contributed by atoms with van der Waals surface area (Å²) in [6.45, 7) is 1.74. The first kappa shape index (κ1) is 15.9. The van der Waals surface area contributed by atoms with Gasteiger partial charge >= 0.3 is 0 Å². The Bertz CT molecular complexity index is 495. The minimum Gasteiger partial charge on any atom is -0.365 e. The number of thiazole rings is 1. The average molecular weight is 311 g/mol. The SMILES string of the molecule is C[C@@H](OC1CCCCCC1)C(=O)Nc1nc(C(N)=O)cs1. The van der Waals surface area contributed by atoms with Crippen LogP contribution in [0.25, 0.3) is 0 Å². The van der Waals surface area contributed by atoms with Crippen molar-refractivity contribution in [3.05, 3.63) is 11.1 Å². The Labute approximate surface area is 128 Å². The molecule has 1 atom stereocenters. The lowest BCUT2D eigenvalue weighted by molar-refractivity contribution is -0.130. The number of carbonyl (C=O) groups excluding carboxylic acids is 2. The standard InChI is InChI=1S/C14H21N3O3S/c1-9(20-10-6-4-2-3-5-7-10)13(19)17-14-16-11(8-21-14)12(15)18/h8-10H,2-7H2,1H3,(H2,15,18)(H,16,17,19)/t9-/m1/s1.